The van der Waals surface area contributed by atoms with Crippen molar-refractivity contribution in [3.8, 4) is 0 Å². The van der Waals surface area contributed by atoms with E-state index < -0.39 is 11.7 Å². The highest BCUT2D eigenvalue weighted by atomic mass is 19.2. The van der Waals surface area contributed by atoms with Gasteiger partial charge in [0.05, 0.1) is 0 Å². The van der Waals surface area contributed by atoms with Crippen LogP contribution >= 0.6 is 0 Å². The van der Waals surface area contributed by atoms with Gasteiger partial charge in [-0.15, -0.1) is 0 Å². The van der Waals surface area contributed by atoms with E-state index in [-0.39, 0.29) is 0 Å². The summed E-state index contributed by atoms with van der Waals surface area (Å²) in [5.41, 5.74) is 2.83. The summed E-state index contributed by atoms with van der Waals surface area (Å²) in [6.07, 6.45) is 6.17. The molecular weight excluding hydrogens is 284 g/mol. The smallest absolute Gasteiger partial charge is 0.159 e. The number of allylic oxidation sites excluding steroid dienone is 4. The van der Waals surface area contributed by atoms with Crippen LogP contribution in [0.25, 0.3) is 0 Å². The molecule has 1 aliphatic rings. The van der Waals surface area contributed by atoms with Crippen molar-refractivity contribution in [3.05, 3.63) is 47.1 Å². The van der Waals surface area contributed by atoms with Crippen LogP contribution in [-0.2, 0) is 0 Å². The summed E-state index contributed by atoms with van der Waals surface area (Å²) in [4.78, 5) is 0. The first-order chi connectivity index (χ1) is 10.4. The van der Waals surface area contributed by atoms with Gasteiger partial charge in [0.2, 0.25) is 0 Å². The fraction of sp³-hybridized carbons (Fsp3) is 0.556. The molecule has 0 aromatic carbocycles. The lowest BCUT2D eigenvalue weighted by Crippen LogP contribution is -2.30. The third-order valence-corrected chi connectivity index (χ3v) is 4.18. The van der Waals surface area contributed by atoms with E-state index in [1.54, 1.807) is 6.92 Å². The molecule has 1 rings (SSSR count). The first kappa shape index (κ1) is 18.8. The second-order valence-corrected chi connectivity index (χ2v) is 5.91. The molecule has 1 N–H and O–H groups in total. The molecule has 0 bridgehead atoms. The van der Waals surface area contributed by atoms with Crippen LogP contribution in [0.15, 0.2) is 47.1 Å². The number of halogens is 2. The summed E-state index contributed by atoms with van der Waals surface area (Å²) in [7, 11) is 0. The van der Waals surface area contributed by atoms with E-state index in [9.17, 15) is 14.0 Å². The Morgan fingerprint density at radius 3 is 2.68 bits per heavy atom. The van der Waals surface area contributed by atoms with Crippen molar-refractivity contribution in [2.45, 2.75) is 46.5 Å². The summed E-state index contributed by atoms with van der Waals surface area (Å²) >= 11 is 0. The molecule has 1 heterocycles. The zero-order valence-electron chi connectivity index (χ0n) is 13.8. The fourth-order valence-electron chi connectivity index (χ4n) is 2.81. The van der Waals surface area contributed by atoms with Gasteiger partial charge in [0.15, 0.2) is 11.7 Å². The average Bonchev–Trinajstić information content (AvgIpc) is 2.51. The van der Waals surface area contributed by atoms with Crippen molar-refractivity contribution in [2.24, 2.45) is 5.92 Å². The summed E-state index contributed by atoms with van der Waals surface area (Å²) in [6.45, 7) is 10.3. The molecule has 4 heteroatoms. The molecule has 124 valence electrons. The van der Waals surface area contributed by atoms with Crippen molar-refractivity contribution in [1.29, 1.82) is 0 Å². The molecule has 0 fully saturated rings. The number of hydrogen-bond acceptors (Lipinski definition) is 2. The van der Waals surface area contributed by atoms with Gasteiger partial charge in [-0.05, 0) is 49.0 Å². The summed E-state index contributed by atoms with van der Waals surface area (Å²) in [6, 6.07) is 0. The molecule has 2 nitrogen and oxygen atoms in total. The molecule has 0 aliphatic carbocycles. The van der Waals surface area contributed by atoms with Gasteiger partial charge in [0, 0.05) is 13.1 Å². The third-order valence-electron chi connectivity index (χ3n) is 4.18. The molecule has 1 aliphatic heterocycles. The average molecular weight is 311 g/mol. The Labute approximate surface area is 132 Å². The molecule has 0 aromatic heterocycles. The van der Waals surface area contributed by atoms with Gasteiger partial charge in [-0.1, -0.05) is 38.8 Å². The maximum absolute atomic E-state index is 13.7. The summed E-state index contributed by atoms with van der Waals surface area (Å²) in [5.74, 6) is -1.49. The molecule has 0 aromatic rings. The number of hydrogen-bond donors (Lipinski definition) is 1. The van der Waals surface area contributed by atoms with Crippen molar-refractivity contribution in [2.75, 3.05) is 13.1 Å². The zero-order valence-corrected chi connectivity index (χ0v) is 13.8. The first-order valence-corrected chi connectivity index (χ1v) is 7.92. The topological polar surface area (TPSA) is 23.5 Å². The quantitative estimate of drug-likeness (QED) is 0.629. The number of nitrogens with zero attached hydrogens (tertiary/aromatic N) is 1. The van der Waals surface area contributed by atoms with Gasteiger partial charge in [0.25, 0.3) is 0 Å². The third kappa shape index (κ3) is 5.18. The lowest BCUT2D eigenvalue weighted by atomic mass is 9.84. The minimum Gasteiger partial charge on any atom is -0.314 e. The molecule has 0 radical (unpaired) electrons. The molecule has 22 heavy (non-hydrogen) atoms. The molecular formula is C18H27F2NO. The Hall–Kier alpha value is -1.26. The van der Waals surface area contributed by atoms with E-state index in [0.29, 0.717) is 24.6 Å². The molecule has 1 unspecified atom stereocenters. The zero-order chi connectivity index (χ0) is 16.7. The molecule has 1 atom stereocenters. The van der Waals surface area contributed by atoms with Crippen LogP contribution in [0.3, 0.4) is 0 Å². The van der Waals surface area contributed by atoms with Gasteiger partial charge in [-0.2, -0.15) is 5.06 Å². The predicted molar refractivity (Wildman–Crippen MR) is 86.9 cm³/mol. The number of hydroxylamine groups is 2. The highest BCUT2D eigenvalue weighted by Gasteiger charge is 2.22. The highest BCUT2D eigenvalue weighted by Crippen LogP contribution is 2.32. The molecule has 0 saturated carbocycles. The number of unbranched alkanes of at least 4 members (excludes halogenated alkanes) is 1. The second-order valence-electron chi connectivity index (χ2n) is 5.91. The SMILES string of the molecule is C=C/C(F)=C(F)\C=C(/C)C1=C(C(C)CCCC)CCN(O)C1. The van der Waals surface area contributed by atoms with Crippen molar-refractivity contribution in [1.82, 2.24) is 5.06 Å². The largest absolute Gasteiger partial charge is 0.314 e. The monoisotopic (exact) mass is 311 g/mol. The highest BCUT2D eigenvalue weighted by molar-refractivity contribution is 5.41. The number of rotatable bonds is 7. The molecule has 0 saturated heterocycles. The van der Waals surface area contributed by atoms with Crippen molar-refractivity contribution in [3.63, 3.8) is 0 Å². The van der Waals surface area contributed by atoms with E-state index in [1.165, 1.54) is 16.7 Å². The van der Waals surface area contributed by atoms with E-state index in [0.717, 1.165) is 37.3 Å². The van der Waals surface area contributed by atoms with Gasteiger partial charge in [-0.25, -0.2) is 8.78 Å². The van der Waals surface area contributed by atoms with Crippen LogP contribution in [0.4, 0.5) is 8.78 Å². The maximum atomic E-state index is 13.7. The molecule has 0 amide bonds. The van der Waals surface area contributed by atoms with E-state index in [1.807, 2.05) is 0 Å². The Kier molecular flexibility index (Phi) is 7.69. The van der Waals surface area contributed by atoms with Crippen LogP contribution in [0, 0.1) is 5.92 Å². The fourth-order valence-corrected chi connectivity index (χ4v) is 2.81. The van der Waals surface area contributed by atoms with Crippen LogP contribution in [0.5, 0.6) is 0 Å². The van der Waals surface area contributed by atoms with E-state index in [2.05, 4.69) is 20.4 Å². The second kappa shape index (κ2) is 9.01. The normalized spacial score (nSPS) is 20.0. The van der Waals surface area contributed by atoms with E-state index in [4.69, 9.17) is 0 Å². The summed E-state index contributed by atoms with van der Waals surface area (Å²) in [5, 5.41) is 11.0. The lowest BCUT2D eigenvalue weighted by molar-refractivity contribution is -0.0857. The van der Waals surface area contributed by atoms with Crippen LogP contribution < -0.4 is 0 Å². The van der Waals surface area contributed by atoms with Gasteiger partial charge < -0.3 is 5.21 Å². The van der Waals surface area contributed by atoms with Crippen LogP contribution in [0.1, 0.15) is 46.5 Å². The van der Waals surface area contributed by atoms with Gasteiger partial charge >= 0.3 is 0 Å². The predicted octanol–water partition coefficient (Wildman–Crippen LogP) is 5.49. The van der Waals surface area contributed by atoms with E-state index >= 15 is 0 Å². The minimum atomic E-state index is -0.961. The van der Waals surface area contributed by atoms with Crippen LogP contribution in [0.2, 0.25) is 0 Å². The Balaban J connectivity index is 3.13. The Morgan fingerprint density at radius 1 is 1.41 bits per heavy atom. The Morgan fingerprint density at radius 2 is 2.09 bits per heavy atom. The lowest BCUT2D eigenvalue weighted by Gasteiger charge is -2.30. The standard InChI is InChI=1S/C18H27F2NO/c1-5-7-8-13(3)15-9-10-21(22)12-16(15)14(4)11-18(20)17(19)6-2/h6,11,13,22H,2,5,7-10,12H2,1,3-4H3/b14-11+,18-17-. The van der Waals surface area contributed by atoms with Crippen molar-refractivity contribution < 1.29 is 14.0 Å². The minimum absolute atomic E-state index is 0.358. The van der Waals surface area contributed by atoms with Crippen LogP contribution in [-0.4, -0.2) is 23.4 Å². The maximum Gasteiger partial charge on any atom is 0.159 e. The van der Waals surface area contributed by atoms with Gasteiger partial charge in [0.1, 0.15) is 0 Å². The van der Waals surface area contributed by atoms with Crippen molar-refractivity contribution >= 4 is 0 Å². The Bertz CT molecular complexity index is 491. The first-order valence-electron chi connectivity index (χ1n) is 7.92. The van der Waals surface area contributed by atoms with Gasteiger partial charge in [-0.3, -0.25) is 0 Å². The summed E-state index contributed by atoms with van der Waals surface area (Å²) < 4.78 is 26.9. The molecule has 0 spiro atoms.